The summed E-state index contributed by atoms with van der Waals surface area (Å²) in [7, 11) is 0. The van der Waals surface area contributed by atoms with Crippen LogP contribution in [0.3, 0.4) is 0 Å². The van der Waals surface area contributed by atoms with Gasteiger partial charge in [0.2, 0.25) is 6.10 Å². The molecule has 0 spiro atoms. The molecule has 3 atom stereocenters. The number of β-lactam (4-membered cyclic amide) rings is 1. The zero-order chi connectivity index (χ0) is 33.3. The topological polar surface area (TPSA) is 303 Å². The van der Waals surface area contributed by atoms with Crippen molar-refractivity contribution in [3.8, 4) is 11.5 Å². The number of amides is 2. The van der Waals surface area contributed by atoms with Gasteiger partial charge in [-0.2, -0.15) is 0 Å². The first-order valence-electron chi connectivity index (χ1n) is 12.8. The number of carbonyl (C=O) groups excluding carboxylic acids is 2. The number of oxime groups is 1. The molecule has 3 aromatic rings. The zero-order valence-corrected chi connectivity index (χ0v) is 25.5. The quantitative estimate of drug-likeness (QED) is 0.0332. The summed E-state index contributed by atoms with van der Waals surface area (Å²) in [5.74, 6) is -5.10. The minimum atomic E-state index is -1.83. The molecule has 5 rings (SSSR count). The lowest BCUT2D eigenvalue weighted by Crippen LogP contribution is -2.71. The molecule has 46 heavy (non-hydrogen) atoms. The number of anilines is 3. The molecular weight excluding hydrogens is 667 g/mol. The molecule has 0 radical (unpaired) electrons. The number of phenolic OH excluding ortho intramolecular Hbond substituents is 2. The van der Waals surface area contributed by atoms with Gasteiger partial charge in [0.1, 0.15) is 34.4 Å². The maximum atomic E-state index is 13.4. The van der Waals surface area contributed by atoms with Crippen molar-refractivity contribution >= 4 is 81.1 Å². The summed E-state index contributed by atoms with van der Waals surface area (Å²) in [6.45, 7) is 0. The summed E-state index contributed by atoms with van der Waals surface area (Å²) in [5, 5.41) is 46.1. The Morgan fingerprint density at radius 2 is 1.83 bits per heavy atom. The standard InChI is InChI=1S/C25H23N9O9S3/c26-13-4-14(27)31-25(30-13)46-6-9-5-44-21-16(20(38)34(21)17(9)22(39)40)32-19(37)15(10-7-45-24(28)29-10)33-43-18(23(41)42)8-1-2-11(35)12(36)3-8/h1-4,7,16,18,21,35-36H,5-6H2,(H2,28,29)(H,32,37)(H,39,40)(H,41,42)(H4,26,27,30,31)/b33-15-/t16?,18?,21-/m0/s1. The van der Waals surface area contributed by atoms with E-state index in [-0.39, 0.29) is 50.4 Å². The SMILES string of the molecule is Nc1cc(N)nc(SCC2=C(C(=O)O)N3C(=O)C(NC(=O)/C(=N\OC(C(=O)O)c4ccc(O)c(O)c4)c4csc(N)n4)[C@@H]3SC2)n1. The van der Waals surface area contributed by atoms with Crippen molar-refractivity contribution in [3.05, 3.63) is 52.2 Å². The summed E-state index contributed by atoms with van der Waals surface area (Å²) in [4.78, 5) is 69.2. The second kappa shape index (κ2) is 13.0. The van der Waals surface area contributed by atoms with Crippen LogP contribution in [0.1, 0.15) is 17.4 Å². The molecule has 18 nitrogen and oxygen atoms in total. The average molecular weight is 690 g/mol. The summed E-state index contributed by atoms with van der Waals surface area (Å²) in [6, 6.07) is 3.36. The fraction of sp³-hybridized carbons (Fsp3) is 0.200. The number of thioether (sulfide) groups is 2. The number of nitrogens with two attached hydrogens (primary N) is 3. The molecular formula is C25H23N9O9S3. The Balaban J connectivity index is 1.35. The Kier molecular flexibility index (Phi) is 9.07. The Bertz CT molecular complexity index is 1800. The van der Waals surface area contributed by atoms with Gasteiger partial charge < -0.3 is 47.8 Å². The first-order chi connectivity index (χ1) is 21.8. The number of aromatic nitrogens is 3. The lowest BCUT2D eigenvalue weighted by Gasteiger charge is -2.49. The van der Waals surface area contributed by atoms with Crippen molar-refractivity contribution in [1.82, 2.24) is 25.2 Å². The van der Waals surface area contributed by atoms with Crippen LogP contribution >= 0.6 is 34.9 Å². The number of phenols is 2. The van der Waals surface area contributed by atoms with Gasteiger partial charge in [0.25, 0.3) is 11.8 Å². The smallest absolute Gasteiger partial charge is 0.352 e. The van der Waals surface area contributed by atoms with Crippen LogP contribution in [0.15, 0.2) is 51.2 Å². The Labute approximate surface area is 270 Å². The molecule has 0 saturated carbocycles. The van der Waals surface area contributed by atoms with Crippen LogP contribution in [0.5, 0.6) is 11.5 Å². The van der Waals surface area contributed by atoms with E-state index in [4.69, 9.17) is 22.0 Å². The molecule has 1 aromatic carbocycles. The van der Waals surface area contributed by atoms with Crippen molar-refractivity contribution in [1.29, 1.82) is 0 Å². The minimum absolute atomic E-state index is 0.0513. The van der Waals surface area contributed by atoms with Crippen molar-refractivity contribution in [2.24, 2.45) is 5.16 Å². The molecule has 4 heterocycles. The van der Waals surface area contributed by atoms with Crippen molar-refractivity contribution in [3.63, 3.8) is 0 Å². The lowest BCUT2D eigenvalue weighted by molar-refractivity contribution is -0.151. The normalized spacial score (nSPS) is 18.4. The second-order valence-electron chi connectivity index (χ2n) is 9.49. The van der Waals surface area contributed by atoms with E-state index in [9.17, 15) is 39.6 Å². The highest BCUT2D eigenvalue weighted by Crippen LogP contribution is 2.41. The Hall–Kier alpha value is -5.28. The van der Waals surface area contributed by atoms with Gasteiger partial charge >= 0.3 is 11.9 Å². The fourth-order valence-electron chi connectivity index (χ4n) is 4.34. The number of nitrogens with one attached hydrogen (secondary N) is 1. The van der Waals surface area contributed by atoms with E-state index < -0.39 is 58.5 Å². The molecule has 240 valence electrons. The molecule has 0 bridgehead atoms. The highest BCUT2D eigenvalue weighted by Gasteiger charge is 2.54. The lowest BCUT2D eigenvalue weighted by atomic mass is 10.0. The molecule has 2 aliphatic rings. The third-order valence-corrected chi connectivity index (χ3v) is 9.36. The first kappa shape index (κ1) is 32.1. The molecule has 0 aliphatic carbocycles. The number of hydrogen-bond acceptors (Lipinski definition) is 17. The number of nitrogen functional groups attached to an aromatic ring is 3. The number of carboxylic acid groups (broad SMARTS) is 2. The third-order valence-electron chi connectivity index (χ3n) is 6.41. The molecule has 11 N–H and O–H groups in total. The van der Waals surface area contributed by atoms with Crippen LogP contribution in [-0.4, -0.2) is 92.7 Å². The highest BCUT2D eigenvalue weighted by atomic mass is 32.2. The molecule has 1 fully saturated rings. The number of nitrogens with zero attached hydrogens (tertiary/aromatic N) is 5. The van der Waals surface area contributed by atoms with Gasteiger partial charge in [-0.25, -0.2) is 24.5 Å². The largest absolute Gasteiger partial charge is 0.504 e. The number of benzene rings is 1. The minimum Gasteiger partial charge on any atom is -0.504 e. The van der Waals surface area contributed by atoms with Gasteiger partial charge in [0.05, 0.1) is 0 Å². The van der Waals surface area contributed by atoms with Crippen LogP contribution in [0.25, 0.3) is 0 Å². The summed E-state index contributed by atoms with van der Waals surface area (Å²) in [6.07, 6.45) is -1.83. The second-order valence-corrected chi connectivity index (χ2v) is 12.4. The van der Waals surface area contributed by atoms with E-state index in [2.05, 4.69) is 25.4 Å². The van der Waals surface area contributed by atoms with Crippen LogP contribution in [0.2, 0.25) is 0 Å². The number of rotatable bonds is 11. The van der Waals surface area contributed by atoms with E-state index in [0.717, 1.165) is 40.1 Å². The molecule has 2 unspecified atom stereocenters. The number of hydrogen-bond donors (Lipinski definition) is 8. The number of carboxylic acids is 2. The molecule has 2 aliphatic heterocycles. The van der Waals surface area contributed by atoms with Crippen LogP contribution in [0.4, 0.5) is 16.8 Å². The zero-order valence-electron chi connectivity index (χ0n) is 23.1. The van der Waals surface area contributed by atoms with E-state index in [1.807, 2.05) is 0 Å². The maximum absolute atomic E-state index is 13.4. The highest BCUT2D eigenvalue weighted by molar-refractivity contribution is 8.01. The number of aliphatic carboxylic acids is 2. The number of carbonyl (C=O) groups is 4. The van der Waals surface area contributed by atoms with Crippen LogP contribution in [0, 0.1) is 0 Å². The third kappa shape index (κ3) is 6.55. The van der Waals surface area contributed by atoms with E-state index in [1.165, 1.54) is 29.3 Å². The van der Waals surface area contributed by atoms with Gasteiger partial charge in [-0.05, 0) is 17.7 Å². The van der Waals surface area contributed by atoms with Gasteiger partial charge in [0, 0.05) is 28.5 Å². The number of fused-ring (bicyclic) bond motifs is 1. The Morgan fingerprint density at radius 1 is 1.11 bits per heavy atom. The van der Waals surface area contributed by atoms with Gasteiger partial charge in [-0.15, -0.1) is 23.1 Å². The van der Waals surface area contributed by atoms with E-state index in [0.29, 0.717) is 5.57 Å². The van der Waals surface area contributed by atoms with Gasteiger partial charge in [-0.3, -0.25) is 14.5 Å². The van der Waals surface area contributed by atoms with Crippen molar-refractivity contribution < 1.29 is 44.4 Å². The predicted molar refractivity (Wildman–Crippen MR) is 166 cm³/mol. The fourth-order valence-corrected chi connectivity index (χ4v) is 7.25. The van der Waals surface area contributed by atoms with Crippen molar-refractivity contribution in [2.75, 3.05) is 28.7 Å². The summed E-state index contributed by atoms with van der Waals surface area (Å²) < 4.78 is 0. The average Bonchev–Trinajstić information content (AvgIpc) is 3.42. The van der Waals surface area contributed by atoms with Gasteiger partial charge in [-0.1, -0.05) is 23.0 Å². The summed E-state index contributed by atoms with van der Waals surface area (Å²) in [5.41, 5.74) is 16.6. The summed E-state index contributed by atoms with van der Waals surface area (Å²) >= 11 is 3.26. The molecule has 1 saturated heterocycles. The maximum Gasteiger partial charge on any atom is 0.352 e. The van der Waals surface area contributed by atoms with E-state index in [1.54, 1.807) is 0 Å². The monoisotopic (exact) mass is 689 g/mol. The molecule has 2 aromatic heterocycles. The molecule has 2 amide bonds. The number of aromatic hydroxyl groups is 2. The van der Waals surface area contributed by atoms with Gasteiger partial charge in [0.15, 0.2) is 27.5 Å². The van der Waals surface area contributed by atoms with Crippen LogP contribution in [-0.2, 0) is 24.0 Å². The number of thiazole rings is 1. The van der Waals surface area contributed by atoms with Crippen molar-refractivity contribution in [2.45, 2.75) is 22.7 Å². The van der Waals surface area contributed by atoms with E-state index >= 15 is 0 Å². The Morgan fingerprint density at radius 3 is 2.43 bits per heavy atom. The first-order valence-corrected chi connectivity index (χ1v) is 15.7. The molecule has 21 heteroatoms. The van der Waals surface area contributed by atoms with Crippen LogP contribution < -0.4 is 22.5 Å². The predicted octanol–water partition coefficient (Wildman–Crippen LogP) is 0.168.